The van der Waals surface area contributed by atoms with Crippen LogP contribution in [0.15, 0.2) is 48.5 Å². The van der Waals surface area contributed by atoms with E-state index in [-0.39, 0.29) is 11.8 Å². The Morgan fingerprint density at radius 2 is 1.31 bits per heavy atom. The molecule has 0 saturated carbocycles. The van der Waals surface area contributed by atoms with Crippen LogP contribution in [0.1, 0.15) is 11.1 Å². The zero-order valence-corrected chi connectivity index (χ0v) is 17.6. The van der Waals surface area contributed by atoms with Crippen LogP contribution in [0.25, 0.3) is 33.2 Å². The van der Waals surface area contributed by atoms with Crippen molar-refractivity contribution >= 4 is 22.7 Å². The van der Waals surface area contributed by atoms with E-state index in [9.17, 15) is 0 Å². The largest absolute Gasteiger partial charge is 0.492 e. The number of anilines is 2. The number of methoxy groups -OCH3 is 2. The van der Waals surface area contributed by atoms with E-state index in [1.165, 1.54) is 0 Å². The second-order valence-corrected chi connectivity index (χ2v) is 6.96. The Labute approximate surface area is 186 Å². The van der Waals surface area contributed by atoms with E-state index in [0.29, 0.717) is 44.7 Å². The maximum atomic E-state index is 6.38. The molecule has 0 aliphatic heterocycles. The van der Waals surface area contributed by atoms with Crippen LogP contribution in [-0.4, -0.2) is 24.2 Å². The van der Waals surface area contributed by atoms with Gasteiger partial charge in [0.05, 0.1) is 30.7 Å². The first-order valence-electron chi connectivity index (χ1n) is 9.67. The first-order valence-corrected chi connectivity index (χ1v) is 9.67. The Bertz CT molecular complexity index is 1450. The molecule has 6 heteroatoms. The summed E-state index contributed by atoms with van der Waals surface area (Å²) in [6.45, 7) is 0. The Kier molecular flexibility index (Phi) is 5.29. The highest BCUT2D eigenvalue weighted by atomic mass is 16.5. The lowest BCUT2D eigenvalue weighted by atomic mass is 9.91. The molecule has 0 spiro atoms. The van der Waals surface area contributed by atoms with Gasteiger partial charge in [-0.2, -0.15) is 4.98 Å². The molecule has 0 unspecified atom stereocenters. The maximum Gasteiger partial charge on any atom is 0.222 e. The smallest absolute Gasteiger partial charge is 0.222 e. The minimum absolute atomic E-state index is 0.0416. The monoisotopic (exact) mass is 420 g/mol. The molecule has 32 heavy (non-hydrogen) atoms. The SMILES string of the molecule is C#Cc1cccc(-c2c(OC)c(OC)c(-c3cccc(C#C)c3)c3c(N)nc(N)nc23)c1. The number of hydrogen-bond donors (Lipinski definition) is 2. The van der Waals surface area contributed by atoms with Crippen molar-refractivity contribution in [2.45, 2.75) is 0 Å². The van der Waals surface area contributed by atoms with E-state index in [2.05, 4.69) is 21.8 Å². The van der Waals surface area contributed by atoms with E-state index >= 15 is 0 Å². The zero-order valence-electron chi connectivity index (χ0n) is 17.6. The van der Waals surface area contributed by atoms with Gasteiger partial charge in [0.15, 0.2) is 11.5 Å². The predicted molar refractivity (Wildman–Crippen MR) is 128 cm³/mol. The highest BCUT2D eigenvalue weighted by Crippen LogP contribution is 2.51. The topological polar surface area (TPSA) is 96.3 Å². The third-order valence-corrected chi connectivity index (χ3v) is 5.15. The average Bonchev–Trinajstić information content (AvgIpc) is 2.82. The molecule has 156 valence electrons. The third-order valence-electron chi connectivity index (χ3n) is 5.15. The Balaban J connectivity index is 2.25. The van der Waals surface area contributed by atoms with Gasteiger partial charge >= 0.3 is 0 Å². The third kappa shape index (κ3) is 3.30. The van der Waals surface area contributed by atoms with Crippen molar-refractivity contribution in [3.05, 3.63) is 59.7 Å². The Hall–Kier alpha value is -4.68. The normalized spacial score (nSPS) is 10.4. The molecule has 6 nitrogen and oxygen atoms in total. The van der Waals surface area contributed by atoms with Crippen LogP contribution in [0.4, 0.5) is 11.8 Å². The van der Waals surface area contributed by atoms with E-state index in [1.54, 1.807) is 14.2 Å². The molecule has 1 heterocycles. The fourth-order valence-corrected chi connectivity index (χ4v) is 3.83. The summed E-state index contributed by atoms with van der Waals surface area (Å²) in [5.41, 5.74) is 17.2. The van der Waals surface area contributed by atoms with Crippen LogP contribution in [0, 0.1) is 24.7 Å². The molecular weight excluding hydrogens is 400 g/mol. The quantitative estimate of drug-likeness (QED) is 0.483. The minimum Gasteiger partial charge on any atom is -0.492 e. The fraction of sp³-hybridized carbons (Fsp3) is 0.0769. The number of nitrogens with zero attached hydrogens (tertiary/aromatic N) is 2. The van der Waals surface area contributed by atoms with E-state index in [4.69, 9.17) is 33.8 Å². The van der Waals surface area contributed by atoms with Gasteiger partial charge in [-0.3, -0.25) is 0 Å². The first-order chi connectivity index (χ1) is 15.5. The highest BCUT2D eigenvalue weighted by molar-refractivity contribution is 6.13. The summed E-state index contributed by atoms with van der Waals surface area (Å²) in [5, 5.41) is 0.576. The molecule has 0 aliphatic carbocycles. The van der Waals surface area contributed by atoms with Gasteiger partial charge in [0.25, 0.3) is 0 Å². The standard InChI is InChI=1S/C26H20N4O2/c1-5-15-9-7-11-17(13-15)19-21-22(29-26(28)30-25(21)27)20(24(32-4)23(19)31-3)18-12-8-10-16(6-2)14-18/h1-2,7-14H,3-4H3,(H4,27,28,29,30). The second-order valence-electron chi connectivity index (χ2n) is 6.96. The van der Waals surface area contributed by atoms with Crippen molar-refractivity contribution in [2.75, 3.05) is 25.7 Å². The van der Waals surface area contributed by atoms with Crippen LogP contribution in [0.2, 0.25) is 0 Å². The number of nitrogens with two attached hydrogens (primary N) is 2. The Morgan fingerprint density at radius 3 is 1.84 bits per heavy atom. The van der Waals surface area contributed by atoms with Crippen molar-refractivity contribution in [1.29, 1.82) is 0 Å². The predicted octanol–water partition coefficient (Wildman–Crippen LogP) is 4.11. The molecule has 0 radical (unpaired) electrons. The zero-order chi connectivity index (χ0) is 22.8. The summed E-state index contributed by atoms with van der Waals surface area (Å²) < 4.78 is 11.7. The average molecular weight is 420 g/mol. The molecule has 0 atom stereocenters. The lowest BCUT2D eigenvalue weighted by Crippen LogP contribution is -2.06. The fourth-order valence-electron chi connectivity index (χ4n) is 3.83. The van der Waals surface area contributed by atoms with Crippen molar-refractivity contribution < 1.29 is 9.47 Å². The summed E-state index contributed by atoms with van der Waals surface area (Å²) >= 11 is 0. The molecule has 4 aromatic rings. The number of rotatable bonds is 4. The number of nitrogen functional groups attached to an aromatic ring is 2. The second kappa shape index (κ2) is 8.22. The van der Waals surface area contributed by atoms with Gasteiger partial charge < -0.3 is 20.9 Å². The number of hydrogen-bond acceptors (Lipinski definition) is 6. The molecule has 0 amide bonds. The van der Waals surface area contributed by atoms with Crippen LogP contribution < -0.4 is 20.9 Å². The number of terminal acetylenes is 2. The van der Waals surface area contributed by atoms with Gasteiger partial charge in [-0.25, -0.2) is 4.98 Å². The molecule has 1 aromatic heterocycles. The van der Waals surface area contributed by atoms with Gasteiger partial charge in [-0.05, 0) is 35.4 Å². The summed E-state index contributed by atoms with van der Waals surface area (Å²) in [6.07, 6.45) is 11.2. The molecule has 0 bridgehead atoms. The van der Waals surface area contributed by atoms with Crippen molar-refractivity contribution in [3.8, 4) is 58.4 Å². The molecule has 0 saturated heterocycles. The van der Waals surface area contributed by atoms with E-state index in [1.807, 2.05) is 48.5 Å². The van der Waals surface area contributed by atoms with Crippen LogP contribution in [-0.2, 0) is 0 Å². The molecule has 3 aromatic carbocycles. The Morgan fingerprint density at radius 1 is 0.781 bits per heavy atom. The van der Waals surface area contributed by atoms with Gasteiger partial charge in [0.1, 0.15) is 5.82 Å². The minimum atomic E-state index is 0.0416. The molecule has 0 aliphatic rings. The number of ether oxygens (including phenoxy) is 2. The number of fused-ring (bicyclic) bond motifs is 1. The lowest BCUT2D eigenvalue weighted by Gasteiger charge is -2.21. The molecule has 0 fully saturated rings. The molecule has 4 rings (SSSR count). The summed E-state index contributed by atoms with van der Waals surface area (Å²) in [4.78, 5) is 8.75. The number of aromatic nitrogens is 2. The van der Waals surface area contributed by atoms with Crippen molar-refractivity contribution in [1.82, 2.24) is 9.97 Å². The van der Waals surface area contributed by atoms with Crippen molar-refractivity contribution in [3.63, 3.8) is 0 Å². The van der Waals surface area contributed by atoms with Gasteiger partial charge in [-0.1, -0.05) is 36.1 Å². The van der Waals surface area contributed by atoms with E-state index in [0.717, 1.165) is 11.1 Å². The van der Waals surface area contributed by atoms with Crippen LogP contribution in [0.3, 0.4) is 0 Å². The van der Waals surface area contributed by atoms with Gasteiger partial charge in [-0.15, -0.1) is 12.8 Å². The van der Waals surface area contributed by atoms with Crippen molar-refractivity contribution in [2.24, 2.45) is 0 Å². The molecule has 4 N–H and O–H groups in total. The summed E-state index contributed by atoms with van der Waals surface area (Å²) in [6, 6.07) is 15.0. The van der Waals surface area contributed by atoms with Crippen LogP contribution >= 0.6 is 0 Å². The number of benzene rings is 3. The highest BCUT2D eigenvalue weighted by Gasteiger charge is 2.26. The van der Waals surface area contributed by atoms with Gasteiger partial charge in [0, 0.05) is 16.7 Å². The molecular formula is C26H20N4O2. The first kappa shape index (κ1) is 20.6. The summed E-state index contributed by atoms with van der Waals surface area (Å²) in [5.74, 6) is 6.49. The lowest BCUT2D eigenvalue weighted by molar-refractivity contribution is 0.358. The maximum absolute atomic E-state index is 6.38. The van der Waals surface area contributed by atoms with Crippen LogP contribution in [0.5, 0.6) is 11.5 Å². The van der Waals surface area contributed by atoms with Gasteiger partial charge in [0.2, 0.25) is 5.95 Å². The summed E-state index contributed by atoms with van der Waals surface area (Å²) in [7, 11) is 3.13. The van der Waals surface area contributed by atoms with E-state index < -0.39 is 0 Å².